The summed E-state index contributed by atoms with van der Waals surface area (Å²) in [6.07, 6.45) is 7.37. The zero-order valence-electron chi connectivity index (χ0n) is 13.5. The molecule has 112 valence electrons. The van der Waals surface area contributed by atoms with Gasteiger partial charge in [-0.2, -0.15) is 0 Å². The predicted molar refractivity (Wildman–Crippen MR) is 86.1 cm³/mol. The third-order valence-electron chi connectivity index (χ3n) is 5.98. The zero-order valence-corrected chi connectivity index (χ0v) is 14.3. The molecule has 1 heterocycles. The van der Waals surface area contributed by atoms with Crippen molar-refractivity contribution >= 4 is 11.3 Å². The molecule has 2 aliphatic rings. The van der Waals surface area contributed by atoms with E-state index >= 15 is 0 Å². The van der Waals surface area contributed by atoms with E-state index in [1.807, 2.05) is 17.5 Å². The topological polar surface area (TPSA) is 24.9 Å². The van der Waals surface area contributed by atoms with Crippen LogP contribution in [-0.4, -0.2) is 11.0 Å². The SMILES string of the molecule is CCc1cnc(C(C)NC2C3(C)CCC(C3)C2(C)C)s1. The first-order valence-corrected chi connectivity index (χ1v) is 8.89. The summed E-state index contributed by atoms with van der Waals surface area (Å²) in [6.45, 7) is 11.9. The fraction of sp³-hybridized carbons (Fsp3) is 0.824. The van der Waals surface area contributed by atoms with Crippen molar-refractivity contribution in [3.8, 4) is 0 Å². The number of aromatic nitrogens is 1. The third kappa shape index (κ3) is 2.14. The normalized spacial score (nSPS) is 36.5. The molecule has 2 aliphatic carbocycles. The van der Waals surface area contributed by atoms with Crippen LogP contribution in [0.2, 0.25) is 0 Å². The minimum atomic E-state index is 0.376. The van der Waals surface area contributed by atoms with Gasteiger partial charge in [0.25, 0.3) is 0 Å². The van der Waals surface area contributed by atoms with Gasteiger partial charge in [-0.15, -0.1) is 11.3 Å². The fourth-order valence-corrected chi connectivity index (χ4v) is 5.59. The summed E-state index contributed by atoms with van der Waals surface area (Å²) in [5.41, 5.74) is 0.916. The first kappa shape index (κ1) is 14.5. The van der Waals surface area contributed by atoms with Crippen molar-refractivity contribution < 1.29 is 0 Å². The highest BCUT2D eigenvalue weighted by Crippen LogP contribution is 2.62. The van der Waals surface area contributed by atoms with Crippen LogP contribution in [0.1, 0.15) is 69.8 Å². The monoisotopic (exact) mass is 292 g/mol. The number of rotatable bonds is 4. The quantitative estimate of drug-likeness (QED) is 0.879. The summed E-state index contributed by atoms with van der Waals surface area (Å²) in [4.78, 5) is 6.01. The Morgan fingerprint density at radius 2 is 2.20 bits per heavy atom. The van der Waals surface area contributed by atoms with Crippen LogP contribution in [0.25, 0.3) is 0 Å². The molecule has 20 heavy (non-hydrogen) atoms. The lowest BCUT2D eigenvalue weighted by Crippen LogP contribution is -2.50. The van der Waals surface area contributed by atoms with Gasteiger partial charge in [-0.25, -0.2) is 4.98 Å². The second-order valence-electron chi connectivity index (χ2n) is 7.75. The molecule has 1 N–H and O–H groups in total. The standard InChI is InChI=1S/C17H28N2S/c1-6-13-10-18-14(20-13)11(2)19-15-16(3,4)12-7-8-17(15,5)9-12/h10-12,15,19H,6-9H2,1-5H3. The number of thiazole rings is 1. The second-order valence-corrected chi connectivity index (χ2v) is 8.90. The molecule has 3 rings (SSSR count). The molecule has 0 amide bonds. The highest BCUT2D eigenvalue weighted by Gasteiger charge is 2.59. The minimum Gasteiger partial charge on any atom is -0.304 e. The molecule has 0 aromatic carbocycles. The Bertz CT molecular complexity index is 488. The maximum absolute atomic E-state index is 4.62. The van der Waals surface area contributed by atoms with Crippen molar-refractivity contribution in [3.05, 3.63) is 16.1 Å². The van der Waals surface area contributed by atoms with Crippen molar-refractivity contribution in [3.63, 3.8) is 0 Å². The van der Waals surface area contributed by atoms with E-state index < -0.39 is 0 Å². The first-order valence-electron chi connectivity index (χ1n) is 8.07. The lowest BCUT2D eigenvalue weighted by molar-refractivity contribution is 0.100. The van der Waals surface area contributed by atoms with Crippen LogP contribution in [0.3, 0.4) is 0 Å². The van der Waals surface area contributed by atoms with Gasteiger partial charge < -0.3 is 5.32 Å². The van der Waals surface area contributed by atoms with Gasteiger partial charge >= 0.3 is 0 Å². The van der Waals surface area contributed by atoms with Crippen LogP contribution in [-0.2, 0) is 6.42 Å². The van der Waals surface area contributed by atoms with Crippen molar-refractivity contribution in [2.24, 2.45) is 16.7 Å². The van der Waals surface area contributed by atoms with Crippen molar-refractivity contribution in [2.45, 2.75) is 72.4 Å². The fourth-order valence-electron chi connectivity index (χ4n) is 4.73. The molecule has 2 saturated carbocycles. The number of hydrogen-bond donors (Lipinski definition) is 1. The number of hydrogen-bond acceptors (Lipinski definition) is 3. The van der Waals surface area contributed by atoms with Crippen molar-refractivity contribution in [1.82, 2.24) is 10.3 Å². The maximum atomic E-state index is 4.62. The Morgan fingerprint density at radius 3 is 2.75 bits per heavy atom. The van der Waals surface area contributed by atoms with Crippen molar-refractivity contribution in [1.29, 1.82) is 0 Å². The summed E-state index contributed by atoms with van der Waals surface area (Å²) in [5, 5.41) is 5.20. The van der Waals surface area contributed by atoms with E-state index in [9.17, 15) is 0 Å². The van der Waals surface area contributed by atoms with E-state index in [0.717, 1.165) is 12.3 Å². The van der Waals surface area contributed by atoms with Gasteiger partial charge in [0.1, 0.15) is 5.01 Å². The van der Waals surface area contributed by atoms with Gasteiger partial charge in [0.15, 0.2) is 0 Å². The first-order chi connectivity index (χ1) is 9.37. The Balaban J connectivity index is 1.77. The largest absolute Gasteiger partial charge is 0.304 e. The number of aryl methyl sites for hydroxylation is 1. The number of nitrogens with one attached hydrogen (secondary N) is 1. The second kappa shape index (κ2) is 4.81. The van der Waals surface area contributed by atoms with Gasteiger partial charge in [-0.1, -0.05) is 27.7 Å². The third-order valence-corrected chi connectivity index (χ3v) is 7.30. The lowest BCUT2D eigenvalue weighted by atomic mass is 9.68. The van der Waals surface area contributed by atoms with Gasteiger partial charge in [0.05, 0.1) is 6.04 Å². The van der Waals surface area contributed by atoms with Crippen molar-refractivity contribution in [2.75, 3.05) is 0 Å². The van der Waals surface area contributed by atoms with E-state index in [2.05, 4.69) is 44.9 Å². The molecule has 0 saturated heterocycles. The van der Waals surface area contributed by atoms with E-state index in [0.29, 0.717) is 22.9 Å². The molecule has 2 fully saturated rings. The summed E-state index contributed by atoms with van der Waals surface area (Å²) in [6, 6.07) is 0.999. The Kier molecular flexibility index (Phi) is 3.49. The minimum absolute atomic E-state index is 0.376. The molecule has 2 nitrogen and oxygen atoms in total. The molecule has 3 heteroatoms. The van der Waals surface area contributed by atoms with E-state index in [4.69, 9.17) is 0 Å². The maximum Gasteiger partial charge on any atom is 0.109 e. The molecule has 1 aromatic heterocycles. The number of fused-ring (bicyclic) bond motifs is 2. The van der Waals surface area contributed by atoms with Crippen LogP contribution in [0.4, 0.5) is 0 Å². The van der Waals surface area contributed by atoms with Gasteiger partial charge in [-0.05, 0) is 49.4 Å². The van der Waals surface area contributed by atoms with Crippen LogP contribution in [0.5, 0.6) is 0 Å². The van der Waals surface area contributed by atoms with Crippen LogP contribution < -0.4 is 5.32 Å². The highest BCUT2D eigenvalue weighted by atomic mass is 32.1. The molecular weight excluding hydrogens is 264 g/mol. The lowest BCUT2D eigenvalue weighted by Gasteiger charge is -2.44. The predicted octanol–water partition coefficient (Wildman–Crippen LogP) is 4.57. The molecule has 4 unspecified atom stereocenters. The van der Waals surface area contributed by atoms with Crippen LogP contribution >= 0.6 is 11.3 Å². The summed E-state index contributed by atoms with van der Waals surface area (Å²) >= 11 is 1.87. The summed E-state index contributed by atoms with van der Waals surface area (Å²) in [7, 11) is 0. The molecule has 1 aromatic rings. The zero-order chi connectivity index (χ0) is 14.5. The van der Waals surface area contributed by atoms with E-state index in [1.165, 1.54) is 29.1 Å². The smallest absolute Gasteiger partial charge is 0.109 e. The Hall–Kier alpha value is -0.410. The molecule has 2 bridgehead atoms. The van der Waals surface area contributed by atoms with E-state index in [1.54, 1.807) is 0 Å². The molecule has 0 radical (unpaired) electrons. The average Bonchev–Trinajstić information content (AvgIpc) is 3.05. The molecular formula is C17H28N2S. The molecule has 4 atom stereocenters. The molecule has 0 spiro atoms. The van der Waals surface area contributed by atoms with Gasteiger partial charge in [-0.3, -0.25) is 0 Å². The summed E-state index contributed by atoms with van der Waals surface area (Å²) < 4.78 is 0. The van der Waals surface area contributed by atoms with Gasteiger partial charge in [0, 0.05) is 17.1 Å². The average molecular weight is 292 g/mol. The van der Waals surface area contributed by atoms with E-state index in [-0.39, 0.29) is 0 Å². The van der Waals surface area contributed by atoms with Crippen LogP contribution in [0.15, 0.2) is 6.20 Å². The summed E-state index contributed by atoms with van der Waals surface area (Å²) in [5.74, 6) is 0.902. The van der Waals surface area contributed by atoms with Gasteiger partial charge in [0.2, 0.25) is 0 Å². The molecule has 0 aliphatic heterocycles. The van der Waals surface area contributed by atoms with Crippen LogP contribution in [0, 0.1) is 16.7 Å². The Morgan fingerprint density at radius 1 is 1.45 bits per heavy atom. The number of nitrogens with zero attached hydrogens (tertiary/aromatic N) is 1. The highest BCUT2D eigenvalue weighted by molar-refractivity contribution is 7.11. The Labute approximate surface area is 127 Å².